The summed E-state index contributed by atoms with van der Waals surface area (Å²) in [5.74, 6) is 0.728. The standard InChI is InChI=1S/C46H28N2S/c1-3-14-30(15-4-1)40-28-41(31-16-5-2-6-17-31)48-46(47-40)44-37-21-11-9-19-35(37)43(36-20-10-12-22-38(36)44)32-24-25-34-39-26-23-29-13-7-8-18-33(29)45(39)49-42(34)27-32/h1-28H. The molecule has 0 aliphatic heterocycles. The SMILES string of the molecule is c1ccc(-c2cc(-c3ccccc3)nc(-c3c4ccccc4c(-c4ccc5c(c4)sc4c6ccccc6ccc54)c4ccccc34)n2)cc1. The summed E-state index contributed by atoms with van der Waals surface area (Å²) in [6.45, 7) is 0. The highest BCUT2D eigenvalue weighted by Crippen LogP contribution is 2.46. The Labute approximate surface area is 287 Å². The van der Waals surface area contributed by atoms with Gasteiger partial charge in [0.1, 0.15) is 0 Å². The van der Waals surface area contributed by atoms with Gasteiger partial charge in [-0.1, -0.05) is 158 Å². The van der Waals surface area contributed by atoms with Crippen molar-refractivity contribution in [2.24, 2.45) is 0 Å². The van der Waals surface area contributed by atoms with E-state index in [0.29, 0.717) is 0 Å². The summed E-state index contributed by atoms with van der Waals surface area (Å²) in [5.41, 5.74) is 7.46. The molecular formula is C46H28N2S. The fourth-order valence-corrected chi connectivity index (χ4v) is 8.69. The Hall–Kier alpha value is -6.16. The average molecular weight is 641 g/mol. The maximum Gasteiger partial charge on any atom is 0.161 e. The van der Waals surface area contributed by atoms with Crippen molar-refractivity contribution in [3.8, 4) is 45.0 Å². The Bertz CT molecular complexity index is 2760. The molecular weight excluding hydrogens is 613 g/mol. The van der Waals surface area contributed by atoms with Crippen LogP contribution in [0.15, 0.2) is 170 Å². The zero-order valence-electron chi connectivity index (χ0n) is 26.5. The van der Waals surface area contributed by atoms with Crippen molar-refractivity contribution in [3.63, 3.8) is 0 Å². The van der Waals surface area contributed by atoms with Crippen LogP contribution in [-0.4, -0.2) is 9.97 Å². The maximum atomic E-state index is 5.28. The highest BCUT2D eigenvalue weighted by atomic mass is 32.1. The van der Waals surface area contributed by atoms with Gasteiger partial charge in [-0.05, 0) is 55.6 Å². The van der Waals surface area contributed by atoms with E-state index < -0.39 is 0 Å². The number of benzene rings is 8. The van der Waals surface area contributed by atoms with Crippen molar-refractivity contribution in [2.45, 2.75) is 0 Å². The molecule has 0 bridgehead atoms. The Balaban J connectivity index is 1.25. The monoisotopic (exact) mass is 640 g/mol. The molecule has 0 spiro atoms. The van der Waals surface area contributed by atoms with Crippen LogP contribution in [0, 0.1) is 0 Å². The molecule has 3 heteroatoms. The molecule has 2 nitrogen and oxygen atoms in total. The molecule has 228 valence electrons. The van der Waals surface area contributed by atoms with Gasteiger partial charge in [-0.2, -0.15) is 0 Å². The van der Waals surface area contributed by atoms with Crippen molar-refractivity contribution >= 4 is 63.8 Å². The van der Waals surface area contributed by atoms with Crippen LogP contribution in [0.2, 0.25) is 0 Å². The average Bonchev–Trinajstić information content (AvgIpc) is 3.56. The van der Waals surface area contributed by atoms with Gasteiger partial charge < -0.3 is 0 Å². The van der Waals surface area contributed by atoms with Gasteiger partial charge in [-0.3, -0.25) is 0 Å². The molecule has 0 saturated carbocycles. The van der Waals surface area contributed by atoms with Crippen molar-refractivity contribution in [3.05, 3.63) is 170 Å². The first-order chi connectivity index (χ1) is 24.3. The second-order valence-electron chi connectivity index (χ2n) is 12.5. The fraction of sp³-hybridized carbons (Fsp3) is 0. The van der Waals surface area contributed by atoms with Crippen LogP contribution in [0.25, 0.3) is 97.5 Å². The van der Waals surface area contributed by atoms with E-state index in [0.717, 1.165) is 44.7 Å². The highest BCUT2D eigenvalue weighted by molar-refractivity contribution is 7.26. The lowest BCUT2D eigenvalue weighted by molar-refractivity contribution is 1.19. The molecule has 49 heavy (non-hydrogen) atoms. The van der Waals surface area contributed by atoms with Crippen LogP contribution in [0.1, 0.15) is 0 Å². The molecule has 2 heterocycles. The molecule has 8 aromatic carbocycles. The predicted molar refractivity (Wildman–Crippen MR) is 209 cm³/mol. The van der Waals surface area contributed by atoms with E-state index in [1.807, 2.05) is 23.5 Å². The first kappa shape index (κ1) is 27.9. The first-order valence-electron chi connectivity index (χ1n) is 16.6. The smallest absolute Gasteiger partial charge is 0.161 e. The van der Waals surface area contributed by atoms with Gasteiger partial charge >= 0.3 is 0 Å². The van der Waals surface area contributed by atoms with Gasteiger partial charge in [-0.25, -0.2) is 9.97 Å². The molecule has 0 saturated heterocycles. The maximum absolute atomic E-state index is 5.28. The lowest BCUT2D eigenvalue weighted by Crippen LogP contribution is -1.98. The molecule has 0 aliphatic rings. The third-order valence-electron chi connectivity index (χ3n) is 9.67. The van der Waals surface area contributed by atoms with Crippen LogP contribution in [0.5, 0.6) is 0 Å². The van der Waals surface area contributed by atoms with Gasteiger partial charge in [0.2, 0.25) is 0 Å². The van der Waals surface area contributed by atoms with Gasteiger partial charge in [0.25, 0.3) is 0 Å². The Morgan fingerprint density at radius 3 is 1.47 bits per heavy atom. The predicted octanol–water partition coefficient (Wildman–Crippen LogP) is 13.0. The van der Waals surface area contributed by atoms with Gasteiger partial charge in [0.05, 0.1) is 11.4 Å². The second kappa shape index (κ2) is 11.2. The van der Waals surface area contributed by atoms with Crippen LogP contribution in [0.3, 0.4) is 0 Å². The van der Waals surface area contributed by atoms with E-state index in [-0.39, 0.29) is 0 Å². The van der Waals surface area contributed by atoms with Gasteiger partial charge in [0, 0.05) is 36.9 Å². The zero-order chi connectivity index (χ0) is 32.3. The lowest BCUT2D eigenvalue weighted by Gasteiger charge is -2.18. The quantitative estimate of drug-likeness (QED) is 0.179. The number of aromatic nitrogens is 2. The highest BCUT2D eigenvalue weighted by Gasteiger charge is 2.20. The van der Waals surface area contributed by atoms with Crippen molar-refractivity contribution in [1.82, 2.24) is 9.97 Å². The zero-order valence-corrected chi connectivity index (χ0v) is 27.3. The van der Waals surface area contributed by atoms with E-state index in [4.69, 9.17) is 9.97 Å². The summed E-state index contributed by atoms with van der Waals surface area (Å²) < 4.78 is 2.65. The molecule has 0 atom stereocenters. The minimum absolute atomic E-state index is 0.728. The third kappa shape index (κ3) is 4.55. The number of thiophene rings is 1. The fourth-order valence-electron chi connectivity index (χ4n) is 7.41. The number of hydrogen-bond acceptors (Lipinski definition) is 3. The van der Waals surface area contributed by atoms with E-state index >= 15 is 0 Å². The molecule has 0 aliphatic carbocycles. The Kier molecular flexibility index (Phi) is 6.39. The minimum atomic E-state index is 0.728. The third-order valence-corrected chi connectivity index (χ3v) is 10.9. The topological polar surface area (TPSA) is 25.8 Å². The molecule has 10 aromatic rings. The van der Waals surface area contributed by atoms with E-state index in [1.165, 1.54) is 52.8 Å². The van der Waals surface area contributed by atoms with Crippen LogP contribution >= 0.6 is 11.3 Å². The molecule has 10 rings (SSSR count). The number of nitrogens with zero attached hydrogens (tertiary/aromatic N) is 2. The van der Waals surface area contributed by atoms with Crippen molar-refractivity contribution in [2.75, 3.05) is 0 Å². The molecule has 0 radical (unpaired) electrons. The molecule has 0 unspecified atom stereocenters. The van der Waals surface area contributed by atoms with Gasteiger partial charge in [-0.15, -0.1) is 11.3 Å². The van der Waals surface area contributed by atoms with Crippen LogP contribution < -0.4 is 0 Å². The normalized spacial score (nSPS) is 11.7. The first-order valence-corrected chi connectivity index (χ1v) is 17.4. The summed E-state index contributed by atoms with van der Waals surface area (Å²) in [6, 6.07) is 60.7. The second-order valence-corrected chi connectivity index (χ2v) is 13.6. The van der Waals surface area contributed by atoms with Crippen LogP contribution in [0.4, 0.5) is 0 Å². The summed E-state index contributed by atoms with van der Waals surface area (Å²) in [7, 11) is 0. The number of fused-ring (bicyclic) bond motifs is 7. The molecule has 0 fully saturated rings. The van der Waals surface area contributed by atoms with Crippen LogP contribution in [-0.2, 0) is 0 Å². The minimum Gasteiger partial charge on any atom is -0.228 e. The number of rotatable bonds is 4. The lowest BCUT2D eigenvalue weighted by atomic mass is 9.87. The molecule has 2 aromatic heterocycles. The summed E-state index contributed by atoms with van der Waals surface area (Å²) in [6.07, 6.45) is 0. The van der Waals surface area contributed by atoms with Crippen molar-refractivity contribution < 1.29 is 0 Å². The van der Waals surface area contributed by atoms with E-state index in [1.54, 1.807) is 0 Å². The summed E-state index contributed by atoms with van der Waals surface area (Å²) >= 11 is 1.89. The molecule has 0 amide bonds. The number of hydrogen-bond donors (Lipinski definition) is 0. The largest absolute Gasteiger partial charge is 0.228 e. The van der Waals surface area contributed by atoms with Crippen molar-refractivity contribution in [1.29, 1.82) is 0 Å². The molecule has 0 N–H and O–H groups in total. The summed E-state index contributed by atoms with van der Waals surface area (Å²) in [5, 5.41) is 9.89. The Morgan fingerprint density at radius 2 is 0.857 bits per heavy atom. The van der Waals surface area contributed by atoms with Gasteiger partial charge in [0.15, 0.2) is 5.82 Å². The Morgan fingerprint density at radius 1 is 0.347 bits per heavy atom. The van der Waals surface area contributed by atoms with E-state index in [2.05, 4.69) is 158 Å². The summed E-state index contributed by atoms with van der Waals surface area (Å²) in [4.78, 5) is 10.6. The van der Waals surface area contributed by atoms with E-state index in [9.17, 15) is 0 Å².